The molecular weight excluding hydrogens is 412 g/mol. The zero-order valence-electron chi connectivity index (χ0n) is 19.7. The Morgan fingerprint density at radius 1 is 1.26 bits per heavy atom. The fraction of sp³-hybridized carbons (Fsp3) is 0.682. The van der Waals surface area contributed by atoms with Crippen LogP contribution in [0.5, 0.6) is 5.88 Å². The summed E-state index contributed by atoms with van der Waals surface area (Å²) in [4.78, 5) is 22.9. The third-order valence-electron chi connectivity index (χ3n) is 5.05. The lowest BCUT2D eigenvalue weighted by Gasteiger charge is -2.34. The average molecular weight is 449 g/mol. The van der Waals surface area contributed by atoms with E-state index in [2.05, 4.69) is 29.6 Å². The number of fused-ring (bicyclic) bond motifs is 1. The Labute approximate surface area is 185 Å². The van der Waals surface area contributed by atoms with Crippen molar-refractivity contribution in [2.75, 3.05) is 19.7 Å². The molecule has 1 amide bonds. The summed E-state index contributed by atoms with van der Waals surface area (Å²) in [6.07, 6.45) is 4.78. The molecule has 9 heteroatoms. The number of piperidine rings is 1. The van der Waals surface area contributed by atoms with Crippen molar-refractivity contribution in [1.29, 1.82) is 0 Å². The van der Waals surface area contributed by atoms with E-state index in [1.165, 1.54) is 6.33 Å². The van der Waals surface area contributed by atoms with Gasteiger partial charge in [0, 0.05) is 27.4 Å². The first-order chi connectivity index (χ1) is 14.5. The Kier molecular flexibility index (Phi) is 7.26. The first-order valence-electron chi connectivity index (χ1n) is 11.0. The molecule has 0 bridgehead atoms. The van der Waals surface area contributed by atoms with E-state index in [1.807, 2.05) is 37.6 Å². The molecule has 2 aromatic heterocycles. The van der Waals surface area contributed by atoms with Gasteiger partial charge in [-0.2, -0.15) is 0 Å². The summed E-state index contributed by atoms with van der Waals surface area (Å²) in [5.41, 5.74) is 0.279. The lowest BCUT2D eigenvalue weighted by Crippen LogP contribution is -2.46. The van der Waals surface area contributed by atoms with Crippen LogP contribution in [-0.2, 0) is 16.2 Å². The van der Waals surface area contributed by atoms with E-state index in [0.29, 0.717) is 25.7 Å². The minimum atomic E-state index is -1.11. The van der Waals surface area contributed by atoms with Gasteiger partial charge in [-0.05, 0) is 45.7 Å². The Balaban J connectivity index is 1.63. The number of hydrogen-bond acceptors (Lipinski definition) is 6. The highest BCUT2D eigenvalue weighted by molar-refractivity contribution is 6.76. The van der Waals surface area contributed by atoms with Gasteiger partial charge in [0.1, 0.15) is 30.4 Å². The van der Waals surface area contributed by atoms with Crippen LogP contribution >= 0.6 is 0 Å². The third kappa shape index (κ3) is 6.93. The number of amides is 1. The molecule has 1 saturated heterocycles. The molecule has 0 spiro atoms. The molecule has 1 aliphatic rings. The smallest absolute Gasteiger partial charge is 0.410 e. The first kappa shape index (κ1) is 23.5. The van der Waals surface area contributed by atoms with Gasteiger partial charge in [0.2, 0.25) is 5.88 Å². The monoisotopic (exact) mass is 448 g/mol. The van der Waals surface area contributed by atoms with Gasteiger partial charge in [-0.3, -0.25) is 0 Å². The molecule has 1 fully saturated rings. The van der Waals surface area contributed by atoms with Crippen LogP contribution in [0, 0.1) is 0 Å². The SMILES string of the molecule is CC(C)(C)OC(=O)N1CCC[C@H](Oc2ncnc3c2ccn3COCC[Si](C)(C)C)C1. The zero-order chi connectivity index (χ0) is 22.6. The molecule has 0 N–H and O–H groups in total. The van der Waals surface area contributed by atoms with Crippen LogP contribution in [0.3, 0.4) is 0 Å². The number of likely N-dealkylation sites (tertiary alicyclic amines) is 1. The van der Waals surface area contributed by atoms with Crippen LogP contribution in [0.2, 0.25) is 25.7 Å². The third-order valence-corrected chi connectivity index (χ3v) is 6.76. The van der Waals surface area contributed by atoms with Gasteiger partial charge in [0.25, 0.3) is 0 Å². The summed E-state index contributed by atoms with van der Waals surface area (Å²) in [6.45, 7) is 15.0. The molecule has 0 saturated carbocycles. The number of aromatic nitrogens is 3. The summed E-state index contributed by atoms with van der Waals surface area (Å²) < 4.78 is 19.6. The normalized spacial score (nSPS) is 17.7. The maximum atomic E-state index is 12.4. The second-order valence-electron chi connectivity index (χ2n) is 10.4. The highest BCUT2D eigenvalue weighted by atomic mass is 28.3. The number of rotatable bonds is 7. The highest BCUT2D eigenvalue weighted by Crippen LogP contribution is 2.26. The number of ether oxygens (including phenoxy) is 3. The van der Waals surface area contributed by atoms with Crippen molar-refractivity contribution in [1.82, 2.24) is 19.4 Å². The minimum absolute atomic E-state index is 0.129. The summed E-state index contributed by atoms with van der Waals surface area (Å²) >= 11 is 0. The fourth-order valence-electron chi connectivity index (χ4n) is 3.40. The van der Waals surface area contributed by atoms with Crippen LogP contribution in [0.25, 0.3) is 11.0 Å². The van der Waals surface area contributed by atoms with Crippen molar-refractivity contribution in [3.05, 3.63) is 18.6 Å². The molecular formula is C22H36N4O4Si. The Morgan fingerprint density at radius 2 is 2.03 bits per heavy atom. The lowest BCUT2D eigenvalue weighted by atomic mass is 10.1. The van der Waals surface area contributed by atoms with Crippen LogP contribution in [0.15, 0.2) is 18.6 Å². The van der Waals surface area contributed by atoms with Crippen molar-refractivity contribution in [2.24, 2.45) is 0 Å². The summed E-state index contributed by atoms with van der Waals surface area (Å²) in [5, 5.41) is 0.852. The van der Waals surface area contributed by atoms with Gasteiger partial charge in [-0.15, -0.1) is 0 Å². The maximum absolute atomic E-state index is 12.4. The quantitative estimate of drug-likeness (QED) is 0.458. The average Bonchev–Trinajstić information content (AvgIpc) is 3.08. The molecule has 3 rings (SSSR count). The number of carbonyl (C=O) groups is 1. The molecule has 31 heavy (non-hydrogen) atoms. The molecule has 2 aromatic rings. The van der Waals surface area contributed by atoms with Crippen molar-refractivity contribution in [3.8, 4) is 5.88 Å². The van der Waals surface area contributed by atoms with Gasteiger partial charge < -0.3 is 23.7 Å². The van der Waals surface area contributed by atoms with E-state index in [0.717, 1.165) is 36.5 Å². The standard InChI is InChI=1S/C22H36N4O4Si/c1-22(2,3)30-21(27)25-10-7-8-17(14-25)29-20-18-9-11-26(19(18)23-15-24-20)16-28-12-13-31(4,5)6/h9,11,15,17H,7-8,10,12-14,16H2,1-6H3/t17-/m0/s1. The Hall–Kier alpha value is -2.13. The molecule has 0 aliphatic carbocycles. The number of carbonyl (C=O) groups excluding carboxylic acids is 1. The van der Waals surface area contributed by atoms with Gasteiger partial charge in [0.05, 0.1) is 11.9 Å². The second-order valence-corrected chi connectivity index (χ2v) is 16.0. The highest BCUT2D eigenvalue weighted by Gasteiger charge is 2.29. The van der Waals surface area contributed by atoms with Gasteiger partial charge in [-0.25, -0.2) is 14.8 Å². The summed E-state index contributed by atoms with van der Waals surface area (Å²) in [6, 6.07) is 3.09. The molecule has 1 aliphatic heterocycles. The Morgan fingerprint density at radius 3 is 2.74 bits per heavy atom. The topological polar surface area (TPSA) is 78.7 Å². The van der Waals surface area contributed by atoms with Crippen molar-refractivity contribution < 1.29 is 19.0 Å². The number of hydrogen-bond donors (Lipinski definition) is 0. The van der Waals surface area contributed by atoms with E-state index >= 15 is 0 Å². The molecule has 0 unspecified atom stereocenters. The van der Waals surface area contributed by atoms with E-state index in [1.54, 1.807) is 4.90 Å². The van der Waals surface area contributed by atoms with Crippen molar-refractivity contribution >= 4 is 25.2 Å². The van der Waals surface area contributed by atoms with Crippen molar-refractivity contribution in [2.45, 2.75) is 77.7 Å². The van der Waals surface area contributed by atoms with Crippen molar-refractivity contribution in [3.63, 3.8) is 0 Å². The molecule has 1 atom stereocenters. The minimum Gasteiger partial charge on any atom is -0.472 e. The largest absolute Gasteiger partial charge is 0.472 e. The van der Waals surface area contributed by atoms with Crippen LogP contribution < -0.4 is 4.74 Å². The van der Waals surface area contributed by atoms with Crippen LogP contribution in [0.1, 0.15) is 33.6 Å². The number of nitrogens with zero attached hydrogens (tertiary/aromatic N) is 4. The molecule has 3 heterocycles. The second kappa shape index (κ2) is 9.56. The fourth-order valence-corrected chi connectivity index (χ4v) is 4.16. The van der Waals surface area contributed by atoms with Gasteiger partial charge in [-0.1, -0.05) is 19.6 Å². The Bertz CT molecular complexity index is 888. The summed E-state index contributed by atoms with van der Waals surface area (Å²) in [5.74, 6) is 0.543. The predicted octanol–water partition coefficient (Wildman–Crippen LogP) is 4.52. The summed E-state index contributed by atoms with van der Waals surface area (Å²) in [7, 11) is -1.11. The molecule has 0 radical (unpaired) electrons. The van der Waals surface area contributed by atoms with E-state index < -0.39 is 13.7 Å². The van der Waals surface area contributed by atoms with E-state index in [-0.39, 0.29) is 12.2 Å². The van der Waals surface area contributed by atoms with E-state index in [9.17, 15) is 4.79 Å². The van der Waals surface area contributed by atoms with E-state index in [4.69, 9.17) is 14.2 Å². The van der Waals surface area contributed by atoms with Gasteiger partial charge in [0.15, 0.2) is 0 Å². The molecule has 0 aromatic carbocycles. The van der Waals surface area contributed by atoms with Crippen LogP contribution in [0.4, 0.5) is 4.79 Å². The predicted molar refractivity (Wildman–Crippen MR) is 123 cm³/mol. The maximum Gasteiger partial charge on any atom is 0.410 e. The first-order valence-corrected chi connectivity index (χ1v) is 14.7. The van der Waals surface area contributed by atoms with Gasteiger partial charge >= 0.3 is 6.09 Å². The molecule has 8 nitrogen and oxygen atoms in total. The molecule has 172 valence electrons. The zero-order valence-corrected chi connectivity index (χ0v) is 20.7. The lowest BCUT2D eigenvalue weighted by molar-refractivity contribution is 0.00741. The van der Waals surface area contributed by atoms with Crippen LogP contribution in [-0.4, -0.2) is 65.0 Å².